The van der Waals surface area contributed by atoms with Crippen molar-refractivity contribution in [2.45, 2.75) is 19.3 Å². The zero-order valence-corrected chi connectivity index (χ0v) is 33.3. The van der Waals surface area contributed by atoms with E-state index >= 15 is 0 Å². The van der Waals surface area contributed by atoms with E-state index in [9.17, 15) is 0 Å². The average Bonchev–Trinajstić information content (AvgIpc) is 3.80. The Morgan fingerprint density at radius 2 is 1.05 bits per heavy atom. The van der Waals surface area contributed by atoms with Crippen LogP contribution in [0.4, 0.5) is 0 Å². The minimum absolute atomic E-state index is 0.140. The van der Waals surface area contributed by atoms with Gasteiger partial charge in [0.2, 0.25) is 0 Å². The third kappa shape index (κ3) is 5.29. The van der Waals surface area contributed by atoms with E-state index in [0.29, 0.717) is 5.82 Å². The summed E-state index contributed by atoms with van der Waals surface area (Å²) in [6.45, 7) is 4.71. The Bertz CT molecular complexity index is 3500. The van der Waals surface area contributed by atoms with Crippen LogP contribution in [0.3, 0.4) is 0 Å². The molecule has 2 heterocycles. The highest BCUT2D eigenvalue weighted by Gasteiger charge is 2.37. The molecule has 11 aromatic rings. The second-order valence-electron chi connectivity index (χ2n) is 16.5. The van der Waals surface area contributed by atoms with E-state index in [1.807, 2.05) is 18.2 Å². The predicted molar refractivity (Wildman–Crippen MR) is 249 cm³/mol. The van der Waals surface area contributed by atoms with Crippen molar-refractivity contribution in [1.82, 2.24) is 9.97 Å². The third-order valence-electron chi connectivity index (χ3n) is 12.7. The normalized spacial score (nSPS) is 13.0. The molecule has 0 fully saturated rings. The quantitative estimate of drug-likeness (QED) is 0.175. The molecule has 9 aromatic carbocycles. The van der Waals surface area contributed by atoms with Gasteiger partial charge in [-0.25, -0.2) is 9.97 Å². The Morgan fingerprint density at radius 3 is 1.88 bits per heavy atom. The lowest BCUT2D eigenvalue weighted by Gasteiger charge is -2.22. The van der Waals surface area contributed by atoms with Crippen molar-refractivity contribution in [3.63, 3.8) is 0 Å². The Labute approximate surface area is 348 Å². The topological polar surface area (TPSA) is 38.9 Å². The number of fused-ring (bicyclic) bond motifs is 9. The van der Waals surface area contributed by atoms with Gasteiger partial charge in [0.1, 0.15) is 11.2 Å². The van der Waals surface area contributed by atoms with E-state index in [2.05, 4.69) is 190 Å². The predicted octanol–water partition coefficient (Wildman–Crippen LogP) is 15.3. The minimum Gasteiger partial charge on any atom is -0.455 e. The van der Waals surface area contributed by atoms with E-state index in [4.69, 9.17) is 14.4 Å². The second kappa shape index (κ2) is 13.2. The van der Waals surface area contributed by atoms with Crippen LogP contribution in [-0.4, -0.2) is 9.97 Å². The molecule has 0 saturated carbocycles. The van der Waals surface area contributed by atoms with Gasteiger partial charge in [-0.2, -0.15) is 0 Å². The largest absolute Gasteiger partial charge is 0.455 e. The van der Waals surface area contributed by atoms with Crippen LogP contribution in [0.5, 0.6) is 0 Å². The molecule has 1 aliphatic rings. The lowest BCUT2D eigenvalue weighted by Crippen LogP contribution is -2.14. The van der Waals surface area contributed by atoms with E-state index in [1.165, 1.54) is 44.0 Å². The van der Waals surface area contributed by atoms with Gasteiger partial charge < -0.3 is 4.42 Å². The first-order valence-electron chi connectivity index (χ1n) is 20.6. The maximum atomic E-state index is 6.52. The number of furan rings is 1. The number of rotatable bonds is 5. The zero-order chi connectivity index (χ0) is 40.0. The van der Waals surface area contributed by atoms with Gasteiger partial charge in [-0.1, -0.05) is 178 Å². The fourth-order valence-corrected chi connectivity index (χ4v) is 9.70. The molecule has 1 aliphatic carbocycles. The van der Waals surface area contributed by atoms with Gasteiger partial charge in [-0.15, -0.1) is 0 Å². The molecule has 3 heteroatoms. The summed E-state index contributed by atoms with van der Waals surface area (Å²) in [4.78, 5) is 10.5. The van der Waals surface area contributed by atoms with Crippen LogP contribution in [0.2, 0.25) is 0 Å². The van der Waals surface area contributed by atoms with Crippen molar-refractivity contribution in [2.75, 3.05) is 0 Å². The van der Waals surface area contributed by atoms with Crippen molar-refractivity contribution < 1.29 is 4.42 Å². The lowest BCUT2D eigenvalue weighted by atomic mass is 9.81. The maximum Gasteiger partial charge on any atom is 0.160 e. The Hall–Kier alpha value is -7.62. The van der Waals surface area contributed by atoms with Crippen molar-refractivity contribution in [2.24, 2.45) is 0 Å². The summed E-state index contributed by atoms with van der Waals surface area (Å²) in [5, 5.41) is 7.08. The summed E-state index contributed by atoms with van der Waals surface area (Å²) in [6, 6.07) is 69.4. The highest BCUT2D eigenvalue weighted by molar-refractivity contribution is 6.19. The van der Waals surface area contributed by atoms with Crippen LogP contribution in [0.15, 0.2) is 199 Å². The smallest absolute Gasteiger partial charge is 0.160 e. The molecule has 0 atom stereocenters. The first-order chi connectivity index (χ1) is 29.5. The van der Waals surface area contributed by atoms with E-state index in [1.54, 1.807) is 0 Å². The molecule has 3 nitrogen and oxygen atoms in total. The number of hydrogen-bond donors (Lipinski definition) is 0. The maximum absolute atomic E-state index is 6.52. The van der Waals surface area contributed by atoms with Gasteiger partial charge in [-0.3, -0.25) is 0 Å². The van der Waals surface area contributed by atoms with Gasteiger partial charge >= 0.3 is 0 Å². The second-order valence-corrected chi connectivity index (χ2v) is 16.5. The van der Waals surface area contributed by atoms with Gasteiger partial charge in [0.15, 0.2) is 5.82 Å². The SMILES string of the molecule is CC1(C)c2cc3ccccc3cc2-c2c(-c3ccccc3-c3cc(-c4ccc(-c5cccc6oc7c8ccccc8ccc7c56)cc4)nc(-c4ccccc4)n3)cccc21. The van der Waals surface area contributed by atoms with Gasteiger partial charge in [0, 0.05) is 38.3 Å². The molecule has 60 heavy (non-hydrogen) atoms. The summed E-state index contributed by atoms with van der Waals surface area (Å²) in [5.41, 5.74) is 16.5. The lowest BCUT2D eigenvalue weighted by molar-refractivity contribution is 0.661. The zero-order valence-electron chi connectivity index (χ0n) is 33.3. The first kappa shape index (κ1) is 34.4. The van der Waals surface area contributed by atoms with Crippen molar-refractivity contribution in [3.8, 4) is 67.3 Å². The number of nitrogens with zero attached hydrogens (tertiary/aromatic N) is 2. The Kier molecular flexibility index (Phi) is 7.58. The molecule has 0 aliphatic heterocycles. The molecule has 0 N–H and O–H groups in total. The highest BCUT2D eigenvalue weighted by Crippen LogP contribution is 2.54. The molecule has 0 unspecified atom stereocenters. The van der Waals surface area contributed by atoms with E-state index in [0.717, 1.165) is 72.1 Å². The minimum atomic E-state index is -0.140. The fourth-order valence-electron chi connectivity index (χ4n) is 9.70. The average molecular weight is 767 g/mol. The molecular formula is C57H38N2O. The fraction of sp³-hybridized carbons (Fsp3) is 0.0526. The highest BCUT2D eigenvalue weighted by atomic mass is 16.3. The molecule has 0 radical (unpaired) electrons. The molecule has 0 bridgehead atoms. The molecular weight excluding hydrogens is 729 g/mol. The summed E-state index contributed by atoms with van der Waals surface area (Å²) < 4.78 is 6.52. The van der Waals surface area contributed by atoms with Gasteiger partial charge in [0.25, 0.3) is 0 Å². The Morgan fingerprint density at radius 1 is 0.400 bits per heavy atom. The third-order valence-corrected chi connectivity index (χ3v) is 12.7. The van der Waals surface area contributed by atoms with Crippen molar-refractivity contribution in [1.29, 1.82) is 0 Å². The summed E-state index contributed by atoms with van der Waals surface area (Å²) >= 11 is 0. The van der Waals surface area contributed by atoms with Crippen LogP contribution in [0.1, 0.15) is 25.0 Å². The molecule has 0 amide bonds. The van der Waals surface area contributed by atoms with Crippen LogP contribution in [0, 0.1) is 0 Å². The molecule has 12 rings (SSSR count). The van der Waals surface area contributed by atoms with Crippen LogP contribution >= 0.6 is 0 Å². The summed E-state index contributed by atoms with van der Waals surface area (Å²) in [7, 11) is 0. The van der Waals surface area contributed by atoms with Gasteiger partial charge in [0.05, 0.1) is 11.4 Å². The Balaban J connectivity index is 1.00. The monoisotopic (exact) mass is 766 g/mol. The van der Waals surface area contributed by atoms with Crippen molar-refractivity contribution in [3.05, 3.63) is 205 Å². The van der Waals surface area contributed by atoms with Crippen molar-refractivity contribution >= 4 is 43.5 Å². The molecule has 2 aromatic heterocycles. The molecule has 0 spiro atoms. The number of aromatic nitrogens is 2. The van der Waals surface area contributed by atoms with Crippen LogP contribution in [-0.2, 0) is 5.41 Å². The first-order valence-corrected chi connectivity index (χ1v) is 20.6. The van der Waals surface area contributed by atoms with E-state index in [-0.39, 0.29) is 5.41 Å². The number of hydrogen-bond acceptors (Lipinski definition) is 3. The summed E-state index contributed by atoms with van der Waals surface area (Å²) in [5.74, 6) is 0.695. The van der Waals surface area contributed by atoms with Crippen LogP contribution in [0.25, 0.3) is 111 Å². The van der Waals surface area contributed by atoms with Gasteiger partial charge in [-0.05, 0) is 91.0 Å². The van der Waals surface area contributed by atoms with Crippen LogP contribution < -0.4 is 0 Å². The molecule has 0 saturated heterocycles. The number of benzene rings is 9. The van der Waals surface area contributed by atoms with E-state index < -0.39 is 0 Å². The molecule has 282 valence electrons. The summed E-state index contributed by atoms with van der Waals surface area (Å²) in [6.07, 6.45) is 0. The standard InChI is InChI=1S/C57H38N2O/c1-57(2)48-24-12-23-45(53(48)47-32-39-17-6-7-18-40(39)33-49(47)57)43-20-10-11-21-44(43)51-34-50(58-56(59-51)38-15-4-3-5-16-38)37-28-26-36(27-29-37)41-22-13-25-52-54(41)46-31-30-35-14-8-9-19-42(35)55(46)60-52/h3-34H,1-2H3.